The van der Waals surface area contributed by atoms with E-state index in [0.717, 1.165) is 44.0 Å². The van der Waals surface area contributed by atoms with Crippen LogP contribution >= 0.6 is 0 Å². The number of nitrogens with two attached hydrogens (primary N) is 1. The van der Waals surface area contributed by atoms with Gasteiger partial charge in [-0.1, -0.05) is 0 Å². The van der Waals surface area contributed by atoms with Gasteiger partial charge < -0.3 is 15.5 Å². The fraction of sp³-hybridized carbons (Fsp3) is 0.692. The Morgan fingerprint density at radius 2 is 1.83 bits per heavy atom. The Kier molecular flexibility index (Phi) is 6.60. The molecule has 0 unspecified atom stereocenters. The highest BCUT2D eigenvalue weighted by Gasteiger charge is 2.07. The molecule has 0 amide bonds. The fourth-order valence-electron chi connectivity index (χ4n) is 1.78. The van der Waals surface area contributed by atoms with E-state index in [2.05, 4.69) is 40.8 Å². The Bertz CT molecular complexity index is 323. The summed E-state index contributed by atoms with van der Waals surface area (Å²) in [7, 11) is 4.18. The summed E-state index contributed by atoms with van der Waals surface area (Å²) in [6.07, 6.45) is 5.72. The smallest absolute Gasteiger partial charge is 0.225 e. The van der Waals surface area contributed by atoms with Gasteiger partial charge in [0.05, 0.1) is 0 Å². The predicted molar refractivity (Wildman–Crippen MR) is 75.8 cm³/mol. The molecule has 0 aliphatic heterocycles. The minimum absolute atomic E-state index is 0.642. The Labute approximate surface area is 110 Å². The van der Waals surface area contributed by atoms with E-state index in [0.29, 0.717) is 6.54 Å². The molecule has 1 aromatic rings. The minimum atomic E-state index is 0.642. The van der Waals surface area contributed by atoms with Crippen LogP contribution in [-0.4, -0.2) is 55.1 Å². The van der Waals surface area contributed by atoms with E-state index in [9.17, 15) is 0 Å². The molecule has 0 aliphatic carbocycles. The highest BCUT2D eigenvalue weighted by molar-refractivity contribution is 5.29. The summed E-state index contributed by atoms with van der Waals surface area (Å²) in [5, 5.41) is 0. The van der Waals surface area contributed by atoms with Gasteiger partial charge >= 0.3 is 0 Å². The summed E-state index contributed by atoms with van der Waals surface area (Å²) in [6.45, 7) is 5.78. The first-order chi connectivity index (χ1) is 8.67. The molecule has 2 N–H and O–H groups in total. The number of anilines is 1. The zero-order valence-electron chi connectivity index (χ0n) is 11.8. The molecule has 0 spiro atoms. The Hall–Kier alpha value is -1.20. The maximum Gasteiger partial charge on any atom is 0.225 e. The van der Waals surface area contributed by atoms with Gasteiger partial charge in [0.15, 0.2) is 0 Å². The average molecular weight is 251 g/mol. The van der Waals surface area contributed by atoms with Crippen molar-refractivity contribution in [3.8, 4) is 0 Å². The first-order valence-electron chi connectivity index (χ1n) is 6.58. The lowest BCUT2D eigenvalue weighted by Crippen LogP contribution is -2.28. The van der Waals surface area contributed by atoms with E-state index in [4.69, 9.17) is 5.73 Å². The monoisotopic (exact) mass is 251 g/mol. The van der Waals surface area contributed by atoms with E-state index in [1.54, 1.807) is 0 Å². The molecule has 0 aliphatic rings. The molecule has 0 saturated heterocycles. The summed E-state index contributed by atoms with van der Waals surface area (Å²) in [5.41, 5.74) is 6.61. The Morgan fingerprint density at radius 1 is 1.17 bits per heavy atom. The van der Waals surface area contributed by atoms with E-state index >= 15 is 0 Å². The van der Waals surface area contributed by atoms with Gasteiger partial charge in [-0.2, -0.15) is 0 Å². The molecule has 1 rings (SSSR count). The van der Waals surface area contributed by atoms with Gasteiger partial charge in [-0.3, -0.25) is 0 Å². The molecule has 1 heterocycles. The molecule has 0 fully saturated rings. The normalized spacial score (nSPS) is 10.9. The van der Waals surface area contributed by atoms with Crippen molar-refractivity contribution >= 4 is 5.95 Å². The second-order valence-corrected chi connectivity index (χ2v) is 4.67. The van der Waals surface area contributed by atoms with Crippen LogP contribution in [0.15, 0.2) is 12.4 Å². The first-order valence-corrected chi connectivity index (χ1v) is 6.58. The lowest BCUT2D eigenvalue weighted by Gasteiger charge is -2.21. The molecular formula is C13H25N5. The standard InChI is InChI=1S/C13H25N5/c1-4-18(9-5-8-17(2)3)13-15-10-12(6-7-14)11-16-13/h10-11H,4-9,14H2,1-3H3. The van der Waals surface area contributed by atoms with E-state index < -0.39 is 0 Å². The van der Waals surface area contributed by atoms with E-state index in [1.165, 1.54) is 0 Å². The third-order valence-corrected chi connectivity index (χ3v) is 2.82. The zero-order chi connectivity index (χ0) is 13.4. The second kappa shape index (κ2) is 8.00. The number of rotatable bonds is 8. The van der Waals surface area contributed by atoms with E-state index in [1.807, 2.05) is 12.4 Å². The molecule has 0 saturated carbocycles. The third-order valence-electron chi connectivity index (χ3n) is 2.82. The lowest BCUT2D eigenvalue weighted by molar-refractivity contribution is 0.400. The van der Waals surface area contributed by atoms with Gasteiger partial charge in [0, 0.05) is 25.5 Å². The minimum Gasteiger partial charge on any atom is -0.341 e. The fourth-order valence-corrected chi connectivity index (χ4v) is 1.78. The summed E-state index contributed by atoms with van der Waals surface area (Å²) in [5.74, 6) is 0.817. The van der Waals surface area contributed by atoms with Crippen LogP contribution in [0.2, 0.25) is 0 Å². The van der Waals surface area contributed by atoms with Crippen molar-refractivity contribution in [1.29, 1.82) is 0 Å². The molecule has 1 aromatic heterocycles. The summed E-state index contributed by atoms with van der Waals surface area (Å²) in [4.78, 5) is 13.2. The molecule has 18 heavy (non-hydrogen) atoms. The van der Waals surface area contributed by atoms with Crippen LogP contribution in [0, 0.1) is 0 Å². The van der Waals surface area contributed by atoms with Gasteiger partial charge in [-0.25, -0.2) is 9.97 Å². The number of hydrogen-bond donors (Lipinski definition) is 1. The summed E-state index contributed by atoms with van der Waals surface area (Å²) in [6, 6.07) is 0. The SMILES string of the molecule is CCN(CCCN(C)C)c1ncc(CCN)cn1. The molecule has 5 heteroatoms. The van der Waals surface area contributed by atoms with Crippen LogP contribution in [0.1, 0.15) is 18.9 Å². The quantitative estimate of drug-likeness (QED) is 0.739. The lowest BCUT2D eigenvalue weighted by atomic mass is 10.2. The van der Waals surface area contributed by atoms with Crippen molar-refractivity contribution in [2.24, 2.45) is 5.73 Å². The molecule has 102 valence electrons. The largest absolute Gasteiger partial charge is 0.341 e. The Morgan fingerprint density at radius 3 is 2.33 bits per heavy atom. The highest BCUT2D eigenvalue weighted by Crippen LogP contribution is 2.07. The number of nitrogens with zero attached hydrogens (tertiary/aromatic N) is 4. The van der Waals surface area contributed by atoms with Crippen LogP contribution < -0.4 is 10.6 Å². The van der Waals surface area contributed by atoms with Crippen molar-refractivity contribution in [3.63, 3.8) is 0 Å². The van der Waals surface area contributed by atoms with Crippen molar-refractivity contribution in [2.45, 2.75) is 19.8 Å². The van der Waals surface area contributed by atoms with Crippen LogP contribution in [0.3, 0.4) is 0 Å². The van der Waals surface area contributed by atoms with Crippen molar-refractivity contribution < 1.29 is 0 Å². The first kappa shape index (κ1) is 14.9. The van der Waals surface area contributed by atoms with Gasteiger partial charge in [0.25, 0.3) is 0 Å². The predicted octanol–water partition coefficient (Wildman–Crippen LogP) is 0.756. The number of hydrogen-bond acceptors (Lipinski definition) is 5. The molecule has 5 nitrogen and oxygen atoms in total. The van der Waals surface area contributed by atoms with Crippen molar-refractivity contribution in [3.05, 3.63) is 18.0 Å². The maximum absolute atomic E-state index is 5.51. The van der Waals surface area contributed by atoms with Crippen LogP contribution in [-0.2, 0) is 6.42 Å². The van der Waals surface area contributed by atoms with Gasteiger partial charge in [0.2, 0.25) is 5.95 Å². The topological polar surface area (TPSA) is 58.3 Å². The Balaban J connectivity index is 2.53. The number of aromatic nitrogens is 2. The third kappa shape index (κ3) is 4.98. The van der Waals surface area contributed by atoms with Crippen LogP contribution in [0.25, 0.3) is 0 Å². The molecule has 0 atom stereocenters. The maximum atomic E-state index is 5.51. The average Bonchev–Trinajstić information content (AvgIpc) is 2.36. The van der Waals surface area contributed by atoms with Crippen LogP contribution in [0.4, 0.5) is 5.95 Å². The van der Waals surface area contributed by atoms with Crippen LogP contribution in [0.5, 0.6) is 0 Å². The molecular weight excluding hydrogens is 226 g/mol. The van der Waals surface area contributed by atoms with E-state index in [-0.39, 0.29) is 0 Å². The molecule has 0 bridgehead atoms. The van der Waals surface area contributed by atoms with Gasteiger partial charge in [0.1, 0.15) is 0 Å². The second-order valence-electron chi connectivity index (χ2n) is 4.67. The van der Waals surface area contributed by atoms with Gasteiger partial charge in [-0.15, -0.1) is 0 Å². The summed E-state index contributed by atoms with van der Waals surface area (Å²) < 4.78 is 0. The summed E-state index contributed by atoms with van der Waals surface area (Å²) >= 11 is 0. The van der Waals surface area contributed by atoms with Crippen molar-refractivity contribution in [2.75, 3.05) is 45.2 Å². The molecule has 0 aromatic carbocycles. The van der Waals surface area contributed by atoms with Gasteiger partial charge in [-0.05, 0) is 52.5 Å². The molecule has 0 radical (unpaired) electrons. The zero-order valence-corrected chi connectivity index (χ0v) is 11.8. The highest BCUT2D eigenvalue weighted by atomic mass is 15.2. The van der Waals surface area contributed by atoms with Crippen molar-refractivity contribution in [1.82, 2.24) is 14.9 Å².